The van der Waals surface area contributed by atoms with Gasteiger partial charge in [0.05, 0.1) is 7.11 Å². The molecule has 0 saturated heterocycles. The average Bonchev–Trinajstić information content (AvgIpc) is 2.10. The number of unbranched alkanes of at least 4 members (excludes halogenated alkanes) is 1. The molecule has 0 aromatic heterocycles. The highest BCUT2D eigenvalue weighted by atomic mass is 16.5. The zero-order valence-electron chi connectivity index (χ0n) is 7.45. The molecule has 0 spiro atoms. The van der Waals surface area contributed by atoms with E-state index in [1.165, 1.54) is 13.3 Å². The van der Waals surface area contributed by atoms with Crippen molar-refractivity contribution in [3.63, 3.8) is 0 Å². The number of hydrogen-bond acceptors (Lipinski definition) is 4. The van der Waals surface area contributed by atoms with Gasteiger partial charge in [-0.2, -0.15) is 5.10 Å². The Morgan fingerprint density at radius 1 is 1.62 bits per heavy atom. The van der Waals surface area contributed by atoms with Crippen molar-refractivity contribution in [1.82, 2.24) is 5.43 Å². The highest BCUT2D eigenvalue weighted by molar-refractivity contribution is 5.73. The lowest BCUT2D eigenvalue weighted by molar-refractivity contribution is -0.140. The molecule has 0 aliphatic heterocycles. The fraction of sp³-hybridized carbons (Fsp3) is 0.571. The van der Waals surface area contributed by atoms with E-state index < -0.39 is 6.03 Å². The molecule has 2 amide bonds. The maximum Gasteiger partial charge on any atom is 0.332 e. The minimum absolute atomic E-state index is 0.253. The second-order valence-corrected chi connectivity index (χ2v) is 2.26. The molecule has 0 heterocycles. The summed E-state index contributed by atoms with van der Waals surface area (Å²) in [6.07, 6.45) is 3.05. The monoisotopic (exact) mass is 187 g/mol. The number of carbonyl (C=O) groups excluding carboxylic acids is 2. The highest BCUT2D eigenvalue weighted by Gasteiger charge is 1.97. The van der Waals surface area contributed by atoms with Gasteiger partial charge in [0.25, 0.3) is 0 Å². The molecule has 74 valence electrons. The Morgan fingerprint density at radius 2 is 2.31 bits per heavy atom. The Morgan fingerprint density at radius 3 is 2.85 bits per heavy atom. The maximum absolute atomic E-state index is 10.6. The van der Waals surface area contributed by atoms with Crippen LogP contribution in [-0.4, -0.2) is 25.3 Å². The summed E-state index contributed by atoms with van der Waals surface area (Å²) in [6, 6.07) is -0.704. The van der Waals surface area contributed by atoms with Crippen LogP contribution in [0.15, 0.2) is 5.10 Å². The van der Waals surface area contributed by atoms with Gasteiger partial charge in [0.2, 0.25) is 0 Å². The van der Waals surface area contributed by atoms with Crippen molar-refractivity contribution in [2.75, 3.05) is 7.11 Å². The molecule has 0 bridgehead atoms. The van der Waals surface area contributed by atoms with Crippen LogP contribution in [-0.2, 0) is 9.53 Å². The first-order chi connectivity index (χ1) is 6.16. The number of nitrogens with zero attached hydrogens (tertiary/aromatic N) is 1. The summed E-state index contributed by atoms with van der Waals surface area (Å²) >= 11 is 0. The van der Waals surface area contributed by atoms with Gasteiger partial charge in [0, 0.05) is 12.6 Å². The molecule has 0 unspecified atom stereocenters. The first-order valence-electron chi connectivity index (χ1n) is 3.80. The van der Waals surface area contributed by atoms with Crippen molar-refractivity contribution in [2.45, 2.75) is 19.3 Å². The molecule has 6 heteroatoms. The maximum atomic E-state index is 10.6. The number of primary amides is 1. The van der Waals surface area contributed by atoms with Gasteiger partial charge in [-0.25, -0.2) is 10.2 Å². The summed E-state index contributed by atoms with van der Waals surface area (Å²) in [6.45, 7) is 0. The van der Waals surface area contributed by atoms with Gasteiger partial charge in [-0.05, 0) is 12.8 Å². The summed E-state index contributed by atoms with van der Waals surface area (Å²) in [5, 5.41) is 3.49. The van der Waals surface area contributed by atoms with E-state index in [4.69, 9.17) is 5.73 Å². The van der Waals surface area contributed by atoms with Crippen LogP contribution in [0.5, 0.6) is 0 Å². The van der Waals surface area contributed by atoms with E-state index in [0.29, 0.717) is 19.3 Å². The third kappa shape index (κ3) is 8.32. The van der Waals surface area contributed by atoms with Crippen LogP contribution in [0.4, 0.5) is 4.79 Å². The minimum atomic E-state index is -0.704. The van der Waals surface area contributed by atoms with Gasteiger partial charge >= 0.3 is 12.0 Å². The number of rotatable bonds is 5. The van der Waals surface area contributed by atoms with Crippen molar-refractivity contribution in [2.24, 2.45) is 10.8 Å². The molecule has 0 rings (SSSR count). The number of nitrogens with two attached hydrogens (primary N) is 1. The van der Waals surface area contributed by atoms with E-state index in [0.717, 1.165) is 0 Å². The number of hydrogen-bond donors (Lipinski definition) is 2. The predicted octanol–water partition coefficient (Wildman–Crippen LogP) is -0.0162. The number of esters is 1. The quantitative estimate of drug-likeness (QED) is 0.274. The molecule has 0 aromatic rings. The van der Waals surface area contributed by atoms with Gasteiger partial charge in [0.15, 0.2) is 0 Å². The molecule has 0 aliphatic rings. The van der Waals surface area contributed by atoms with Crippen molar-refractivity contribution in [3.8, 4) is 0 Å². The Kier molecular flexibility index (Phi) is 6.21. The van der Waals surface area contributed by atoms with E-state index in [9.17, 15) is 9.59 Å². The van der Waals surface area contributed by atoms with Gasteiger partial charge in [-0.3, -0.25) is 4.79 Å². The lowest BCUT2D eigenvalue weighted by Gasteiger charge is -1.95. The summed E-state index contributed by atoms with van der Waals surface area (Å²) in [5.41, 5.74) is 6.78. The Balaban J connectivity index is 3.30. The van der Waals surface area contributed by atoms with E-state index in [1.54, 1.807) is 0 Å². The molecule has 0 aromatic carbocycles. The fourth-order valence-corrected chi connectivity index (χ4v) is 0.614. The summed E-state index contributed by atoms with van der Waals surface area (Å²) in [7, 11) is 1.34. The molecule has 6 nitrogen and oxygen atoms in total. The lowest BCUT2D eigenvalue weighted by Crippen LogP contribution is -2.24. The van der Waals surface area contributed by atoms with E-state index in [2.05, 4.69) is 9.84 Å². The van der Waals surface area contributed by atoms with Gasteiger partial charge in [-0.15, -0.1) is 0 Å². The van der Waals surface area contributed by atoms with Gasteiger partial charge in [0.1, 0.15) is 0 Å². The average molecular weight is 187 g/mol. The second-order valence-electron chi connectivity index (χ2n) is 2.26. The second kappa shape index (κ2) is 7.08. The largest absolute Gasteiger partial charge is 0.469 e. The number of hydrazone groups is 1. The molecular weight excluding hydrogens is 174 g/mol. The Bertz CT molecular complexity index is 203. The van der Waals surface area contributed by atoms with Crippen molar-refractivity contribution in [1.29, 1.82) is 0 Å². The molecule has 3 N–H and O–H groups in total. The predicted molar refractivity (Wildman–Crippen MR) is 47.1 cm³/mol. The fourth-order valence-electron chi connectivity index (χ4n) is 0.614. The summed E-state index contributed by atoms with van der Waals surface area (Å²) in [5.74, 6) is -0.253. The zero-order valence-corrected chi connectivity index (χ0v) is 7.45. The number of carbonyl (C=O) groups is 2. The van der Waals surface area contributed by atoms with E-state index in [1.807, 2.05) is 5.43 Å². The Labute approximate surface area is 76.1 Å². The topological polar surface area (TPSA) is 93.8 Å². The standard InChI is InChI=1S/C7H13N3O3/c1-13-6(11)4-2-3-5-9-10-7(8)12/h5H,2-4H2,1H3,(H3,8,10,12)/b9-5+. The van der Waals surface area contributed by atoms with E-state index >= 15 is 0 Å². The first kappa shape index (κ1) is 11.4. The van der Waals surface area contributed by atoms with Crippen LogP contribution in [0.2, 0.25) is 0 Å². The number of amides is 2. The normalized spacial score (nSPS) is 9.92. The number of nitrogens with one attached hydrogen (secondary N) is 1. The Hall–Kier alpha value is -1.59. The molecule has 0 saturated carbocycles. The summed E-state index contributed by atoms with van der Waals surface area (Å²) < 4.78 is 4.42. The van der Waals surface area contributed by atoms with Crippen LogP contribution in [0.1, 0.15) is 19.3 Å². The minimum Gasteiger partial charge on any atom is -0.469 e. The SMILES string of the molecule is COC(=O)CCC/C=N/NC(N)=O. The third-order valence-corrected chi connectivity index (χ3v) is 1.21. The third-order valence-electron chi connectivity index (χ3n) is 1.21. The van der Waals surface area contributed by atoms with Crippen LogP contribution in [0.3, 0.4) is 0 Å². The lowest BCUT2D eigenvalue weighted by atomic mass is 10.2. The van der Waals surface area contributed by atoms with Crippen LogP contribution in [0.25, 0.3) is 0 Å². The molecule has 0 radical (unpaired) electrons. The van der Waals surface area contributed by atoms with Crippen molar-refractivity contribution < 1.29 is 14.3 Å². The molecule has 0 aliphatic carbocycles. The molecule has 0 fully saturated rings. The van der Waals surface area contributed by atoms with Crippen LogP contribution < -0.4 is 11.2 Å². The summed E-state index contributed by atoms with van der Waals surface area (Å²) in [4.78, 5) is 20.7. The number of ether oxygens (including phenoxy) is 1. The molecule has 13 heavy (non-hydrogen) atoms. The van der Waals surface area contributed by atoms with Crippen LogP contribution >= 0.6 is 0 Å². The molecular formula is C7H13N3O3. The smallest absolute Gasteiger partial charge is 0.332 e. The number of urea groups is 1. The van der Waals surface area contributed by atoms with Crippen molar-refractivity contribution >= 4 is 18.2 Å². The number of methoxy groups -OCH3 is 1. The van der Waals surface area contributed by atoms with Gasteiger partial charge in [-0.1, -0.05) is 0 Å². The van der Waals surface area contributed by atoms with Crippen molar-refractivity contribution in [3.05, 3.63) is 0 Å². The van der Waals surface area contributed by atoms with E-state index in [-0.39, 0.29) is 5.97 Å². The van der Waals surface area contributed by atoms with Gasteiger partial charge < -0.3 is 10.5 Å². The van der Waals surface area contributed by atoms with Crippen LogP contribution in [0, 0.1) is 0 Å². The molecule has 0 atom stereocenters. The highest BCUT2D eigenvalue weighted by Crippen LogP contribution is 1.94. The zero-order chi connectivity index (χ0) is 10.1. The first-order valence-corrected chi connectivity index (χ1v) is 3.80.